The lowest BCUT2D eigenvalue weighted by Crippen LogP contribution is -2.45. The summed E-state index contributed by atoms with van der Waals surface area (Å²) in [6.07, 6.45) is 2.48. The highest BCUT2D eigenvalue weighted by atomic mass is 16.6. The van der Waals surface area contributed by atoms with Crippen LogP contribution in [0.1, 0.15) is 40.0 Å². The van der Waals surface area contributed by atoms with Gasteiger partial charge in [0.2, 0.25) is 0 Å². The molecule has 0 aliphatic carbocycles. The third kappa shape index (κ3) is 10.9. The molecule has 0 spiro atoms. The Labute approximate surface area is 187 Å². The number of esters is 2. The van der Waals surface area contributed by atoms with Crippen molar-refractivity contribution in [3.63, 3.8) is 0 Å². The Morgan fingerprint density at radius 3 is 2.59 bits per heavy atom. The van der Waals surface area contributed by atoms with Crippen LogP contribution in [0.15, 0.2) is 16.8 Å². The first-order valence-electron chi connectivity index (χ1n) is 10.5. The van der Waals surface area contributed by atoms with Gasteiger partial charge in [0.05, 0.1) is 5.57 Å². The fourth-order valence-corrected chi connectivity index (χ4v) is 2.69. The Morgan fingerprint density at radius 2 is 1.97 bits per heavy atom. The lowest BCUT2D eigenvalue weighted by Gasteiger charge is -2.17. The SMILES string of the molecule is CCCCN=C/C(=C/NCCN)C(=O)NC(=O)N[C@H]1C[C@H](OC(C)=O)[C@@H](COC(C)=O)O1. The molecule has 0 radical (unpaired) electrons. The van der Waals surface area contributed by atoms with Crippen LogP contribution in [0.3, 0.4) is 0 Å². The second-order valence-corrected chi connectivity index (χ2v) is 7.01. The van der Waals surface area contributed by atoms with Crippen LogP contribution in [0.25, 0.3) is 0 Å². The number of unbranched alkanes of at least 4 members (excludes halogenated alkanes) is 1. The van der Waals surface area contributed by atoms with E-state index in [1.54, 1.807) is 0 Å². The summed E-state index contributed by atoms with van der Waals surface area (Å²) in [6, 6.07) is -0.804. The number of urea groups is 1. The molecule has 1 saturated heterocycles. The van der Waals surface area contributed by atoms with Crippen molar-refractivity contribution in [2.24, 2.45) is 10.7 Å². The molecule has 0 saturated carbocycles. The summed E-state index contributed by atoms with van der Waals surface area (Å²) in [5.74, 6) is -1.72. The van der Waals surface area contributed by atoms with Gasteiger partial charge in [-0.25, -0.2) is 4.79 Å². The fourth-order valence-electron chi connectivity index (χ4n) is 2.69. The number of carbonyl (C=O) groups is 4. The molecule has 12 nitrogen and oxygen atoms in total. The van der Waals surface area contributed by atoms with Crippen molar-refractivity contribution in [1.82, 2.24) is 16.0 Å². The number of rotatable bonds is 12. The molecule has 3 atom stereocenters. The molecule has 0 aromatic heterocycles. The van der Waals surface area contributed by atoms with Crippen LogP contribution in [-0.4, -0.2) is 74.8 Å². The van der Waals surface area contributed by atoms with E-state index in [2.05, 4.69) is 20.9 Å². The minimum Gasteiger partial charge on any atom is -0.463 e. The molecule has 180 valence electrons. The third-order valence-electron chi connectivity index (χ3n) is 4.17. The Morgan fingerprint density at radius 1 is 1.22 bits per heavy atom. The average molecular weight is 456 g/mol. The highest BCUT2D eigenvalue weighted by Gasteiger charge is 2.39. The monoisotopic (exact) mass is 455 g/mol. The number of nitrogens with two attached hydrogens (primary N) is 1. The molecule has 1 aliphatic rings. The molecule has 0 bridgehead atoms. The highest BCUT2D eigenvalue weighted by Crippen LogP contribution is 2.22. The normalized spacial score (nSPS) is 20.6. The maximum Gasteiger partial charge on any atom is 0.323 e. The van der Waals surface area contributed by atoms with Crippen molar-refractivity contribution in [3.8, 4) is 0 Å². The molecule has 32 heavy (non-hydrogen) atoms. The van der Waals surface area contributed by atoms with Gasteiger partial charge >= 0.3 is 18.0 Å². The van der Waals surface area contributed by atoms with Gasteiger partial charge in [-0.1, -0.05) is 13.3 Å². The molecule has 0 unspecified atom stereocenters. The minimum absolute atomic E-state index is 0.131. The topological polar surface area (TPSA) is 170 Å². The van der Waals surface area contributed by atoms with Crippen LogP contribution < -0.4 is 21.7 Å². The van der Waals surface area contributed by atoms with Gasteiger partial charge in [-0.05, 0) is 6.42 Å². The second kappa shape index (κ2) is 14.9. The number of nitrogens with one attached hydrogen (secondary N) is 3. The van der Waals surface area contributed by atoms with Gasteiger partial charge in [0.25, 0.3) is 5.91 Å². The average Bonchev–Trinajstić information content (AvgIpc) is 3.08. The number of amides is 3. The predicted octanol–water partition coefficient (Wildman–Crippen LogP) is -0.275. The van der Waals surface area contributed by atoms with Crippen LogP contribution >= 0.6 is 0 Å². The van der Waals surface area contributed by atoms with Crippen molar-refractivity contribution < 1.29 is 33.4 Å². The Bertz CT molecular complexity index is 710. The molecule has 1 aliphatic heterocycles. The molecule has 0 aromatic rings. The molecular weight excluding hydrogens is 422 g/mol. The zero-order valence-electron chi connectivity index (χ0n) is 18.7. The highest BCUT2D eigenvalue weighted by molar-refractivity contribution is 6.16. The number of nitrogens with zero attached hydrogens (tertiary/aromatic N) is 1. The number of hydrogen-bond donors (Lipinski definition) is 4. The molecular formula is C20H33N5O7. The zero-order chi connectivity index (χ0) is 23.9. The molecule has 5 N–H and O–H groups in total. The van der Waals surface area contributed by atoms with Gasteiger partial charge in [0.1, 0.15) is 25.0 Å². The molecule has 1 heterocycles. The van der Waals surface area contributed by atoms with Gasteiger partial charge in [0.15, 0.2) is 0 Å². The summed E-state index contributed by atoms with van der Waals surface area (Å²) < 4.78 is 15.7. The number of ether oxygens (including phenoxy) is 3. The molecule has 1 fully saturated rings. The van der Waals surface area contributed by atoms with E-state index in [-0.39, 0.29) is 18.6 Å². The smallest absolute Gasteiger partial charge is 0.323 e. The van der Waals surface area contributed by atoms with Crippen LogP contribution in [0.2, 0.25) is 0 Å². The van der Waals surface area contributed by atoms with E-state index < -0.39 is 42.3 Å². The van der Waals surface area contributed by atoms with E-state index in [9.17, 15) is 19.2 Å². The number of imide groups is 1. The zero-order valence-corrected chi connectivity index (χ0v) is 18.7. The second-order valence-electron chi connectivity index (χ2n) is 7.01. The molecule has 1 rings (SSSR count). The van der Waals surface area contributed by atoms with Crippen molar-refractivity contribution >= 4 is 30.1 Å². The van der Waals surface area contributed by atoms with Crippen molar-refractivity contribution in [2.45, 2.75) is 58.5 Å². The van der Waals surface area contributed by atoms with E-state index in [0.29, 0.717) is 19.6 Å². The van der Waals surface area contributed by atoms with Gasteiger partial charge in [-0.15, -0.1) is 0 Å². The first-order chi connectivity index (χ1) is 15.3. The van der Waals surface area contributed by atoms with Crippen molar-refractivity contribution in [2.75, 3.05) is 26.2 Å². The lowest BCUT2D eigenvalue weighted by atomic mass is 10.2. The van der Waals surface area contributed by atoms with Crippen LogP contribution in [-0.2, 0) is 28.6 Å². The quantitative estimate of drug-likeness (QED) is 0.134. The van der Waals surface area contributed by atoms with E-state index in [1.165, 1.54) is 26.3 Å². The Kier molecular flexibility index (Phi) is 12.6. The van der Waals surface area contributed by atoms with E-state index >= 15 is 0 Å². The summed E-state index contributed by atoms with van der Waals surface area (Å²) in [5.41, 5.74) is 5.59. The maximum atomic E-state index is 12.5. The Hall–Kier alpha value is -2.99. The predicted molar refractivity (Wildman–Crippen MR) is 116 cm³/mol. The summed E-state index contributed by atoms with van der Waals surface area (Å²) in [4.78, 5) is 51.3. The largest absolute Gasteiger partial charge is 0.463 e. The van der Waals surface area contributed by atoms with Gasteiger partial charge in [-0.3, -0.25) is 24.7 Å². The minimum atomic E-state index is -0.853. The molecule has 3 amide bonds. The van der Waals surface area contributed by atoms with Gasteiger partial charge < -0.3 is 30.6 Å². The van der Waals surface area contributed by atoms with E-state index in [1.807, 2.05) is 6.92 Å². The van der Waals surface area contributed by atoms with Gasteiger partial charge in [-0.2, -0.15) is 0 Å². The summed E-state index contributed by atoms with van der Waals surface area (Å²) in [5, 5.41) is 7.57. The number of carbonyl (C=O) groups excluding carboxylic acids is 4. The summed E-state index contributed by atoms with van der Waals surface area (Å²) in [6.45, 7) is 5.74. The number of aliphatic imine (C=N–C) groups is 1. The van der Waals surface area contributed by atoms with Crippen LogP contribution in [0, 0.1) is 0 Å². The van der Waals surface area contributed by atoms with Gasteiger partial charge in [0, 0.05) is 52.3 Å². The van der Waals surface area contributed by atoms with Crippen LogP contribution in [0.5, 0.6) is 0 Å². The summed E-state index contributed by atoms with van der Waals surface area (Å²) in [7, 11) is 0. The number of hydrogen-bond acceptors (Lipinski definition) is 10. The van der Waals surface area contributed by atoms with Crippen LogP contribution in [0.4, 0.5) is 4.79 Å². The maximum absolute atomic E-state index is 12.5. The first kappa shape index (κ1) is 27.0. The third-order valence-corrected chi connectivity index (χ3v) is 4.17. The first-order valence-corrected chi connectivity index (χ1v) is 10.5. The van der Waals surface area contributed by atoms with Crippen molar-refractivity contribution in [1.29, 1.82) is 0 Å². The lowest BCUT2D eigenvalue weighted by molar-refractivity contribution is -0.155. The Balaban J connectivity index is 2.68. The van der Waals surface area contributed by atoms with E-state index in [4.69, 9.17) is 19.9 Å². The molecule has 12 heteroatoms. The fraction of sp³-hybridized carbons (Fsp3) is 0.650. The van der Waals surface area contributed by atoms with Crippen molar-refractivity contribution in [3.05, 3.63) is 11.8 Å². The van der Waals surface area contributed by atoms with E-state index in [0.717, 1.165) is 12.8 Å². The standard InChI is InChI=1S/C20H33N5O7/c1-4-5-7-22-10-15(11-23-8-6-21)19(28)25-20(29)24-18-9-16(31-14(3)27)17(32-18)12-30-13(2)26/h10-11,16-18,23H,4-9,12,21H2,1-3H3,(H2,24,25,28,29)/b15-11-,22-10?/t16-,17+,18+/m0/s1. The molecule has 0 aromatic carbocycles. The summed E-state index contributed by atoms with van der Waals surface area (Å²) >= 11 is 0.